The van der Waals surface area contributed by atoms with Crippen molar-refractivity contribution in [3.8, 4) is 0 Å². The van der Waals surface area contributed by atoms with E-state index in [0.717, 1.165) is 51.3 Å². The number of hydrogen-bond donors (Lipinski definition) is 2. The van der Waals surface area contributed by atoms with Crippen molar-refractivity contribution in [2.75, 3.05) is 19.7 Å². The largest absolute Gasteiger partial charge is 0.378 e. The Morgan fingerprint density at radius 2 is 1.91 bits per heavy atom. The summed E-state index contributed by atoms with van der Waals surface area (Å²) in [7, 11) is 0. The molecule has 2 atom stereocenters. The summed E-state index contributed by atoms with van der Waals surface area (Å²) in [5, 5.41) is 6.68. The summed E-state index contributed by atoms with van der Waals surface area (Å²) >= 11 is 0. The molecule has 0 aromatic heterocycles. The number of carbonyl (C=O) groups excluding carboxylic acids is 1. The minimum Gasteiger partial charge on any atom is -0.378 e. The van der Waals surface area contributed by atoms with E-state index < -0.39 is 0 Å². The fraction of sp³-hybridized carbons (Fsp3) is 0.944. The van der Waals surface area contributed by atoms with Crippen LogP contribution in [0.25, 0.3) is 0 Å². The average molecular weight is 310 g/mol. The van der Waals surface area contributed by atoms with Crippen molar-refractivity contribution in [1.82, 2.24) is 10.6 Å². The van der Waals surface area contributed by atoms with Gasteiger partial charge in [-0.2, -0.15) is 0 Å². The van der Waals surface area contributed by atoms with Crippen LogP contribution >= 0.6 is 0 Å². The van der Waals surface area contributed by atoms with Crippen LogP contribution in [0.2, 0.25) is 0 Å². The minimum atomic E-state index is 0.153. The number of hydrogen-bond acceptors (Lipinski definition) is 3. The molecule has 0 aromatic rings. The van der Waals surface area contributed by atoms with Crippen molar-refractivity contribution >= 4 is 5.91 Å². The highest BCUT2D eigenvalue weighted by Gasteiger charge is 2.53. The monoisotopic (exact) mass is 310 g/mol. The first-order chi connectivity index (χ1) is 10.7. The van der Waals surface area contributed by atoms with Crippen LogP contribution in [0.3, 0.4) is 0 Å². The molecule has 1 aliphatic carbocycles. The minimum absolute atomic E-state index is 0.153. The van der Waals surface area contributed by atoms with Gasteiger partial charge in [-0.15, -0.1) is 0 Å². The third-order valence-corrected chi connectivity index (χ3v) is 6.04. The third-order valence-electron chi connectivity index (χ3n) is 6.04. The molecule has 128 valence electrons. The van der Waals surface area contributed by atoms with E-state index in [1.54, 1.807) is 0 Å². The molecule has 0 radical (unpaired) electrons. The van der Waals surface area contributed by atoms with Gasteiger partial charge in [0, 0.05) is 24.5 Å². The number of nitrogens with one attached hydrogen (secondary N) is 2. The first-order valence-electron chi connectivity index (χ1n) is 9.27. The Morgan fingerprint density at radius 3 is 2.50 bits per heavy atom. The Kier molecular flexibility index (Phi) is 6.69. The molecular formula is C18H34N2O2. The molecule has 2 fully saturated rings. The van der Waals surface area contributed by atoms with Gasteiger partial charge in [-0.3, -0.25) is 4.79 Å². The molecule has 2 rings (SSSR count). The first kappa shape index (κ1) is 17.7. The second-order valence-corrected chi connectivity index (χ2v) is 6.97. The number of rotatable bonds is 8. The lowest BCUT2D eigenvalue weighted by atomic mass is 9.58. The molecule has 1 amide bonds. The maximum absolute atomic E-state index is 12.3. The van der Waals surface area contributed by atoms with Gasteiger partial charge in [-0.25, -0.2) is 0 Å². The fourth-order valence-electron chi connectivity index (χ4n) is 4.36. The molecule has 2 aliphatic rings. The number of amides is 1. The zero-order chi connectivity index (χ0) is 16.0. The van der Waals surface area contributed by atoms with Crippen molar-refractivity contribution in [1.29, 1.82) is 0 Å². The second-order valence-electron chi connectivity index (χ2n) is 6.97. The van der Waals surface area contributed by atoms with Gasteiger partial charge >= 0.3 is 0 Å². The topological polar surface area (TPSA) is 50.4 Å². The highest BCUT2D eigenvalue weighted by atomic mass is 16.5. The maximum Gasteiger partial charge on any atom is 0.220 e. The Labute approximate surface area is 135 Å². The molecule has 4 heteroatoms. The first-order valence-corrected chi connectivity index (χ1v) is 9.27. The Hall–Kier alpha value is -0.610. The van der Waals surface area contributed by atoms with Gasteiger partial charge in [0.25, 0.3) is 0 Å². The van der Waals surface area contributed by atoms with Crippen LogP contribution in [0.5, 0.6) is 0 Å². The maximum atomic E-state index is 12.3. The molecule has 1 saturated heterocycles. The molecule has 0 spiro atoms. The van der Waals surface area contributed by atoms with Crippen LogP contribution in [-0.2, 0) is 9.53 Å². The van der Waals surface area contributed by atoms with E-state index in [2.05, 4.69) is 31.4 Å². The third kappa shape index (κ3) is 3.83. The van der Waals surface area contributed by atoms with Gasteiger partial charge in [-0.1, -0.05) is 13.8 Å². The van der Waals surface area contributed by atoms with Gasteiger partial charge in [0.15, 0.2) is 0 Å². The van der Waals surface area contributed by atoms with Crippen LogP contribution in [0.4, 0.5) is 0 Å². The zero-order valence-corrected chi connectivity index (χ0v) is 14.6. The van der Waals surface area contributed by atoms with Crippen LogP contribution in [0.15, 0.2) is 0 Å². The zero-order valence-electron chi connectivity index (χ0n) is 14.6. The summed E-state index contributed by atoms with van der Waals surface area (Å²) in [6, 6.07) is 0.305. The van der Waals surface area contributed by atoms with Gasteiger partial charge < -0.3 is 15.4 Å². The molecule has 0 bridgehead atoms. The molecule has 1 aliphatic heterocycles. The highest BCUT2D eigenvalue weighted by Crippen LogP contribution is 2.48. The van der Waals surface area contributed by atoms with E-state index in [0.29, 0.717) is 18.6 Å². The van der Waals surface area contributed by atoms with E-state index >= 15 is 0 Å². The van der Waals surface area contributed by atoms with Crippen molar-refractivity contribution < 1.29 is 9.53 Å². The quantitative estimate of drug-likeness (QED) is 0.725. The molecule has 1 heterocycles. The summed E-state index contributed by atoms with van der Waals surface area (Å²) in [5.41, 5.74) is 0.153. The molecule has 2 unspecified atom stereocenters. The normalized spacial score (nSPS) is 28.1. The average Bonchev–Trinajstić information content (AvgIpc) is 2.54. The lowest BCUT2D eigenvalue weighted by Crippen LogP contribution is -2.64. The van der Waals surface area contributed by atoms with E-state index in [1.807, 2.05) is 0 Å². The molecular weight excluding hydrogens is 276 g/mol. The Morgan fingerprint density at radius 1 is 1.23 bits per heavy atom. The van der Waals surface area contributed by atoms with E-state index in [9.17, 15) is 4.79 Å². The molecule has 0 aromatic carbocycles. The van der Waals surface area contributed by atoms with Crippen LogP contribution in [0.1, 0.15) is 65.7 Å². The summed E-state index contributed by atoms with van der Waals surface area (Å²) in [4.78, 5) is 12.3. The smallest absolute Gasteiger partial charge is 0.220 e. The Balaban J connectivity index is 1.78. The molecule has 2 N–H and O–H groups in total. The van der Waals surface area contributed by atoms with Gasteiger partial charge in [0.05, 0.1) is 6.10 Å². The number of carbonyl (C=O) groups is 1. The van der Waals surface area contributed by atoms with Crippen molar-refractivity contribution in [3.05, 3.63) is 0 Å². The van der Waals surface area contributed by atoms with Gasteiger partial charge in [0.2, 0.25) is 5.91 Å². The van der Waals surface area contributed by atoms with E-state index in [4.69, 9.17) is 4.74 Å². The van der Waals surface area contributed by atoms with E-state index in [1.165, 1.54) is 12.8 Å². The lowest BCUT2D eigenvalue weighted by Gasteiger charge is -2.55. The fourth-order valence-corrected chi connectivity index (χ4v) is 4.36. The van der Waals surface area contributed by atoms with E-state index in [-0.39, 0.29) is 11.3 Å². The number of piperidine rings is 1. The summed E-state index contributed by atoms with van der Waals surface area (Å²) in [5.74, 6) is 0.969. The second kappa shape index (κ2) is 8.30. The molecule has 22 heavy (non-hydrogen) atoms. The number of ether oxygens (including phenoxy) is 1. The summed E-state index contributed by atoms with van der Waals surface area (Å²) in [6.07, 6.45) is 7.62. The predicted octanol–water partition coefficient (Wildman–Crippen LogP) is 2.87. The highest BCUT2D eigenvalue weighted by molar-refractivity contribution is 5.76. The SMILES string of the molecule is CCOC1CC(NC(=O)CCC2CCNCC2)C1(CC)CC. The van der Waals surface area contributed by atoms with Gasteiger partial charge in [-0.05, 0) is 64.5 Å². The van der Waals surface area contributed by atoms with Crippen molar-refractivity contribution in [2.45, 2.75) is 77.9 Å². The summed E-state index contributed by atoms with van der Waals surface area (Å²) < 4.78 is 5.88. The Bertz CT molecular complexity index is 349. The molecule has 1 saturated carbocycles. The standard InChI is InChI=1S/C18H34N2O2/c1-4-18(5-2)15(13-16(18)22-6-3)20-17(21)8-7-14-9-11-19-12-10-14/h14-16,19H,4-13H2,1-3H3,(H,20,21). The van der Waals surface area contributed by atoms with Gasteiger partial charge in [0.1, 0.15) is 0 Å². The van der Waals surface area contributed by atoms with Crippen molar-refractivity contribution in [2.24, 2.45) is 11.3 Å². The predicted molar refractivity (Wildman–Crippen MR) is 89.8 cm³/mol. The van der Waals surface area contributed by atoms with Crippen LogP contribution in [0, 0.1) is 11.3 Å². The van der Waals surface area contributed by atoms with Crippen molar-refractivity contribution in [3.63, 3.8) is 0 Å². The van der Waals surface area contributed by atoms with Crippen LogP contribution < -0.4 is 10.6 Å². The summed E-state index contributed by atoms with van der Waals surface area (Å²) in [6.45, 7) is 9.50. The lowest BCUT2D eigenvalue weighted by molar-refractivity contribution is -0.148. The molecule has 4 nitrogen and oxygen atoms in total. The van der Waals surface area contributed by atoms with Crippen LogP contribution in [-0.4, -0.2) is 37.7 Å².